The van der Waals surface area contributed by atoms with Crippen LogP contribution >= 0.6 is 0 Å². The molecule has 0 heterocycles. The van der Waals surface area contributed by atoms with Gasteiger partial charge in [-0.15, -0.1) is 0 Å². The normalized spacial score (nSPS) is 19.5. The molecule has 0 aliphatic carbocycles. The molecule has 20 heavy (non-hydrogen) atoms. The fourth-order valence-electron chi connectivity index (χ4n) is 3.33. The zero-order valence-corrected chi connectivity index (χ0v) is 15.1. The van der Waals surface area contributed by atoms with Gasteiger partial charge in [0.15, 0.2) is 0 Å². The molecule has 0 aromatic heterocycles. The Balaban J connectivity index is 5.13. The lowest BCUT2D eigenvalue weighted by Gasteiger charge is -2.49. The molecule has 0 spiro atoms. The maximum Gasteiger partial charge on any atom is 0.0666 e. The van der Waals surface area contributed by atoms with Crippen LogP contribution in [0.2, 0.25) is 0 Å². The number of hydrogen-bond donors (Lipinski definition) is 2. The molecule has 0 rings (SSSR count). The van der Waals surface area contributed by atoms with Crippen LogP contribution in [0.15, 0.2) is 0 Å². The molecule has 0 aliphatic rings. The Bertz CT molecular complexity index is 250. The second-order valence-electron chi connectivity index (χ2n) is 8.85. The van der Waals surface area contributed by atoms with Gasteiger partial charge in [0.2, 0.25) is 0 Å². The predicted octanol–water partition coefficient (Wildman–Crippen LogP) is 4.78. The Hall–Kier alpha value is -0.0800. The maximum absolute atomic E-state index is 10.8. The molecule has 2 heteroatoms. The number of aliphatic hydroxyl groups is 2. The van der Waals surface area contributed by atoms with Crippen molar-refractivity contribution < 1.29 is 10.2 Å². The highest BCUT2D eigenvalue weighted by Gasteiger charge is 2.48. The van der Waals surface area contributed by atoms with E-state index in [0.29, 0.717) is 0 Å². The minimum atomic E-state index is -0.508. The van der Waals surface area contributed by atoms with Gasteiger partial charge in [-0.25, -0.2) is 0 Å². The van der Waals surface area contributed by atoms with Crippen LogP contribution in [0.4, 0.5) is 0 Å². The third-order valence-electron chi connectivity index (χ3n) is 4.46. The third-order valence-corrected chi connectivity index (χ3v) is 4.46. The lowest BCUT2D eigenvalue weighted by atomic mass is 9.61. The minimum absolute atomic E-state index is 0.217. The summed E-state index contributed by atoms with van der Waals surface area (Å²) in [5, 5.41) is 21.7. The molecule has 0 amide bonds. The topological polar surface area (TPSA) is 40.5 Å². The van der Waals surface area contributed by atoms with Crippen molar-refractivity contribution in [2.24, 2.45) is 16.2 Å². The van der Waals surface area contributed by atoms with Gasteiger partial charge in [-0.2, -0.15) is 0 Å². The molecular weight excluding hydrogens is 248 g/mol. The highest BCUT2D eigenvalue weighted by Crippen LogP contribution is 2.45. The van der Waals surface area contributed by atoms with Crippen molar-refractivity contribution in [1.82, 2.24) is 0 Å². The summed E-state index contributed by atoms with van der Waals surface area (Å²) in [6.45, 7) is 16.6. The van der Waals surface area contributed by atoms with Crippen LogP contribution < -0.4 is 0 Å². The summed E-state index contributed by atoms with van der Waals surface area (Å²) in [5.41, 5.74) is -0.887. The number of unbranched alkanes of at least 4 members (excludes halogenated alkanes) is 3. The van der Waals surface area contributed by atoms with Crippen molar-refractivity contribution in [1.29, 1.82) is 0 Å². The van der Waals surface area contributed by atoms with E-state index in [2.05, 4.69) is 55.4 Å². The van der Waals surface area contributed by atoms with Gasteiger partial charge in [0, 0.05) is 5.41 Å². The van der Waals surface area contributed by atoms with Crippen molar-refractivity contribution in [3.05, 3.63) is 0 Å². The lowest BCUT2D eigenvalue weighted by molar-refractivity contribution is -0.142. The Morgan fingerprint density at radius 2 is 1.10 bits per heavy atom. The van der Waals surface area contributed by atoms with Gasteiger partial charge >= 0.3 is 0 Å². The summed E-state index contributed by atoms with van der Waals surface area (Å²) in [4.78, 5) is 0. The van der Waals surface area contributed by atoms with E-state index in [9.17, 15) is 10.2 Å². The Labute approximate surface area is 127 Å². The van der Waals surface area contributed by atoms with E-state index < -0.39 is 17.6 Å². The van der Waals surface area contributed by atoms with Crippen LogP contribution in [0, 0.1) is 16.2 Å². The average molecular weight is 286 g/mol. The van der Waals surface area contributed by atoms with E-state index in [1.807, 2.05) is 0 Å². The summed E-state index contributed by atoms with van der Waals surface area (Å²) in [7, 11) is 0. The van der Waals surface area contributed by atoms with Crippen LogP contribution in [0.3, 0.4) is 0 Å². The number of rotatable bonds is 7. The molecule has 0 fully saturated rings. The molecule has 2 N–H and O–H groups in total. The highest BCUT2D eigenvalue weighted by atomic mass is 16.3. The fraction of sp³-hybridized carbons (Fsp3) is 1.00. The molecule has 2 nitrogen and oxygen atoms in total. The first kappa shape index (κ1) is 19.9. The summed E-state index contributed by atoms with van der Waals surface area (Å²) in [6, 6.07) is 0. The number of hydrogen-bond acceptors (Lipinski definition) is 2. The van der Waals surface area contributed by atoms with Crippen molar-refractivity contribution in [3.63, 3.8) is 0 Å². The van der Waals surface area contributed by atoms with Gasteiger partial charge in [0.05, 0.1) is 12.2 Å². The molecular formula is C18H38O2. The molecule has 2 atom stereocenters. The van der Waals surface area contributed by atoms with Crippen molar-refractivity contribution in [2.45, 2.75) is 99.7 Å². The van der Waals surface area contributed by atoms with Crippen LogP contribution in [-0.4, -0.2) is 22.4 Å². The third kappa shape index (κ3) is 5.37. The van der Waals surface area contributed by atoms with Crippen molar-refractivity contribution in [2.75, 3.05) is 0 Å². The van der Waals surface area contributed by atoms with Gasteiger partial charge in [-0.05, 0) is 17.3 Å². The first-order chi connectivity index (χ1) is 8.87. The van der Waals surface area contributed by atoms with Gasteiger partial charge in [-0.3, -0.25) is 0 Å². The molecule has 122 valence electrons. The second-order valence-corrected chi connectivity index (χ2v) is 8.85. The van der Waals surface area contributed by atoms with E-state index in [4.69, 9.17) is 0 Å². The largest absolute Gasteiger partial charge is 0.392 e. The standard InChI is InChI=1S/C18H38O2/c1-9-10-11-12-13-18(8,14(19)16(2,3)4)15(20)17(5,6)7/h14-15,19-20H,9-13H2,1-8H3. The minimum Gasteiger partial charge on any atom is -0.392 e. The first-order valence-electron chi connectivity index (χ1n) is 8.23. The molecule has 0 saturated heterocycles. The lowest BCUT2D eigenvalue weighted by Crippen LogP contribution is -2.53. The average Bonchev–Trinajstić information content (AvgIpc) is 2.30. The van der Waals surface area contributed by atoms with E-state index in [1.54, 1.807) is 0 Å². The van der Waals surface area contributed by atoms with Crippen LogP contribution in [0.5, 0.6) is 0 Å². The zero-order valence-electron chi connectivity index (χ0n) is 15.1. The molecule has 2 unspecified atom stereocenters. The van der Waals surface area contributed by atoms with E-state index >= 15 is 0 Å². The van der Waals surface area contributed by atoms with Gasteiger partial charge < -0.3 is 10.2 Å². The summed E-state index contributed by atoms with van der Waals surface area (Å²) in [5.74, 6) is 0. The summed E-state index contributed by atoms with van der Waals surface area (Å²) in [6.07, 6.45) is 4.55. The molecule has 0 saturated carbocycles. The van der Waals surface area contributed by atoms with E-state index in [-0.39, 0.29) is 10.8 Å². The second kappa shape index (κ2) is 7.26. The molecule has 0 aromatic carbocycles. The Kier molecular flexibility index (Phi) is 7.24. The first-order valence-corrected chi connectivity index (χ1v) is 8.23. The summed E-state index contributed by atoms with van der Waals surface area (Å²) >= 11 is 0. The Morgan fingerprint density at radius 1 is 0.700 bits per heavy atom. The molecule has 0 radical (unpaired) electrons. The molecule has 0 aromatic rings. The predicted molar refractivity (Wildman–Crippen MR) is 87.8 cm³/mol. The van der Waals surface area contributed by atoms with Crippen molar-refractivity contribution >= 4 is 0 Å². The van der Waals surface area contributed by atoms with Gasteiger partial charge in [-0.1, -0.05) is 81.1 Å². The fourth-order valence-corrected chi connectivity index (χ4v) is 3.33. The van der Waals surface area contributed by atoms with E-state index in [0.717, 1.165) is 12.8 Å². The van der Waals surface area contributed by atoms with Gasteiger partial charge in [0.25, 0.3) is 0 Å². The smallest absolute Gasteiger partial charge is 0.0666 e. The number of aliphatic hydroxyl groups excluding tert-OH is 2. The SMILES string of the molecule is CCCCCCC(C)(C(O)C(C)(C)C)C(O)C(C)(C)C. The summed E-state index contributed by atoms with van der Waals surface area (Å²) < 4.78 is 0. The monoisotopic (exact) mass is 286 g/mol. The van der Waals surface area contributed by atoms with Gasteiger partial charge in [0.1, 0.15) is 0 Å². The van der Waals surface area contributed by atoms with Crippen LogP contribution in [-0.2, 0) is 0 Å². The molecule has 0 bridgehead atoms. The maximum atomic E-state index is 10.8. The van der Waals surface area contributed by atoms with Crippen LogP contribution in [0.25, 0.3) is 0 Å². The quantitative estimate of drug-likeness (QED) is 0.661. The molecule has 0 aliphatic heterocycles. The highest BCUT2D eigenvalue weighted by molar-refractivity contribution is 4.98. The Morgan fingerprint density at radius 3 is 1.40 bits per heavy atom. The van der Waals surface area contributed by atoms with Crippen LogP contribution in [0.1, 0.15) is 87.5 Å². The van der Waals surface area contributed by atoms with Crippen molar-refractivity contribution in [3.8, 4) is 0 Å². The van der Waals surface area contributed by atoms with E-state index in [1.165, 1.54) is 19.3 Å². The zero-order chi connectivity index (χ0) is 16.2.